The van der Waals surface area contributed by atoms with Gasteiger partial charge >= 0.3 is 0 Å². The van der Waals surface area contributed by atoms with Crippen molar-refractivity contribution in [3.63, 3.8) is 0 Å². The highest BCUT2D eigenvalue weighted by atomic mass is 14.8. The first-order valence-electron chi connectivity index (χ1n) is 2.34. The zero-order valence-electron chi connectivity index (χ0n) is 4.76. The molecule has 0 heterocycles. The summed E-state index contributed by atoms with van der Waals surface area (Å²) in [6.45, 7) is 2.03. The second-order valence-corrected chi connectivity index (χ2v) is 1.11. The molecule has 40 valence electrons. The molecule has 0 saturated heterocycles. The third-order valence-electron chi connectivity index (χ3n) is 0.470. The van der Waals surface area contributed by atoms with E-state index < -0.39 is 0 Å². The molecule has 2 heteroatoms. The van der Waals surface area contributed by atoms with Gasteiger partial charge in [0.15, 0.2) is 0 Å². The number of aliphatic imine (C=N–C) groups is 2. The van der Waals surface area contributed by atoms with Crippen LogP contribution >= 0.6 is 0 Å². The van der Waals surface area contributed by atoms with Crippen LogP contribution in [0.5, 0.6) is 0 Å². The Labute approximate surface area is 44.0 Å². The van der Waals surface area contributed by atoms with Crippen molar-refractivity contribution in [1.29, 1.82) is 0 Å². The molecule has 0 spiro atoms. The standard InChI is InChI=1S/C5H10N2/c1-3-4-7-5-6-2/h4-5H,3H2,1-2H3. The molecule has 0 bridgehead atoms. The van der Waals surface area contributed by atoms with E-state index in [0.717, 1.165) is 6.42 Å². The maximum absolute atomic E-state index is 3.79. The Bertz CT molecular complexity index is 74.1. The molecular formula is C5H10N2. The molecule has 7 heavy (non-hydrogen) atoms. The molecule has 0 saturated carbocycles. The molecule has 0 unspecified atom stereocenters. The van der Waals surface area contributed by atoms with E-state index in [1.54, 1.807) is 7.05 Å². The molecule has 0 amide bonds. The van der Waals surface area contributed by atoms with Gasteiger partial charge in [-0.2, -0.15) is 0 Å². The molecule has 0 rings (SSSR count). The highest BCUT2D eigenvalue weighted by molar-refractivity contribution is 5.71. The Morgan fingerprint density at radius 2 is 2.29 bits per heavy atom. The van der Waals surface area contributed by atoms with Crippen LogP contribution in [0, 0.1) is 0 Å². The maximum atomic E-state index is 3.79. The van der Waals surface area contributed by atoms with Gasteiger partial charge in [-0.05, 0) is 6.42 Å². The lowest BCUT2D eigenvalue weighted by molar-refractivity contribution is 1.32. The zero-order valence-corrected chi connectivity index (χ0v) is 4.76. The van der Waals surface area contributed by atoms with Crippen LogP contribution in [0.4, 0.5) is 0 Å². The first kappa shape index (κ1) is 6.34. The molecular weight excluding hydrogens is 88.1 g/mol. The third kappa shape index (κ3) is 5.34. The molecule has 0 N–H and O–H groups in total. The lowest BCUT2D eigenvalue weighted by Gasteiger charge is -1.70. The van der Waals surface area contributed by atoms with E-state index in [0.29, 0.717) is 0 Å². The van der Waals surface area contributed by atoms with Gasteiger partial charge in [-0.3, -0.25) is 4.99 Å². The Balaban J connectivity index is 3.09. The van der Waals surface area contributed by atoms with Crippen LogP contribution in [0.25, 0.3) is 0 Å². The zero-order chi connectivity index (χ0) is 5.54. The first-order valence-corrected chi connectivity index (χ1v) is 2.34. The SMILES string of the molecule is CCC=NC=NC. The van der Waals surface area contributed by atoms with Gasteiger partial charge in [0.25, 0.3) is 0 Å². The Hall–Kier alpha value is -0.660. The summed E-state index contributed by atoms with van der Waals surface area (Å²) in [7, 11) is 1.70. The molecule has 2 nitrogen and oxygen atoms in total. The summed E-state index contributed by atoms with van der Waals surface area (Å²) in [6.07, 6.45) is 4.32. The van der Waals surface area contributed by atoms with Crippen molar-refractivity contribution in [2.24, 2.45) is 9.98 Å². The Morgan fingerprint density at radius 3 is 2.71 bits per heavy atom. The first-order chi connectivity index (χ1) is 3.41. The quantitative estimate of drug-likeness (QED) is 0.365. The van der Waals surface area contributed by atoms with Crippen molar-refractivity contribution in [2.75, 3.05) is 7.05 Å². The van der Waals surface area contributed by atoms with E-state index in [9.17, 15) is 0 Å². The second-order valence-electron chi connectivity index (χ2n) is 1.11. The monoisotopic (exact) mass is 98.1 g/mol. The lowest BCUT2D eigenvalue weighted by Crippen LogP contribution is -1.67. The van der Waals surface area contributed by atoms with Gasteiger partial charge in [-0.15, -0.1) is 0 Å². The normalized spacial score (nSPS) is 11.7. The number of hydrogen-bond donors (Lipinski definition) is 0. The molecule has 0 aromatic heterocycles. The fraction of sp³-hybridized carbons (Fsp3) is 0.600. The minimum Gasteiger partial charge on any atom is -0.277 e. The average Bonchev–Trinajstić information content (AvgIpc) is 1.69. The molecule has 0 aliphatic rings. The third-order valence-corrected chi connectivity index (χ3v) is 0.470. The molecule has 0 atom stereocenters. The van der Waals surface area contributed by atoms with Crippen LogP contribution in [-0.2, 0) is 0 Å². The maximum Gasteiger partial charge on any atom is 0.109 e. The van der Waals surface area contributed by atoms with E-state index in [1.165, 1.54) is 6.34 Å². The Kier molecular flexibility index (Phi) is 4.84. The minimum absolute atomic E-state index is 0.978. The van der Waals surface area contributed by atoms with Crippen molar-refractivity contribution >= 4 is 12.6 Å². The van der Waals surface area contributed by atoms with E-state index >= 15 is 0 Å². The fourth-order valence-corrected chi connectivity index (χ4v) is 0.219. The van der Waals surface area contributed by atoms with Crippen molar-refractivity contribution < 1.29 is 0 Å². The van der Waals surface area contributed by atoms with Crippen molar-refractivity contribution in [3.8, 4) is 0 Å². The van der Waals surface area contributed by atoms with E-state index in [1.807, 2.05) is 13.1 Å². The molecule has 0 radical (unpaired) electrons. The van der Waals surface area contributed by atoms with Gasteiger partial charge in [0.05, 0.1) is 0 Å². The summed E-state index contributed by atoms with van der Waals surface area (Å²) in [5.41, 5.74) is 0. The molecule has 0 aromatic carbocycles. The molecule has 0 fully saturated rings. The van der Waals surface area contributed by atoms with E-state index in [-0.39, 0.29) is 0 Å². The summed E-state index contributed by atoms with van der Waals surface area (Å²) < 4.78 is 0. The van der Waals surface area contributed by atoms with Gasteiger partial charge in [0.2, 0.25) is 0 Å². The van der Waals surface area contributed by atoms with Crippen molar-refractivity contribution in [3.05, 3.63) is 0 Å². The van der Waals surface area contributed by atoms with E-state index in [2.05, 4.69) is 9.98 Å². The summed E-state index contributed by atoms with van der Waals surface area (Å²) in [4.78, 5) is 7.44. The van der Waals surface area contributed by atoms with Gasteiger partial charge in [-0.25, -0.2) is 4.99 Å². The topological polar surface area (TPSA) is 24.7 Å². The summed E-state index contributed by atoms with van der Waals surface area (Å²) >= 11 is 0. The molecule has 0 aliphatic carbocycles. The van der Waals surface area contributed by atoms with Crippen LogP contribution in [0.1, 0.15) is 13.3 Å². The molecule has 0 aliphatic heterocycles. The van der Waals surface area contributed by atoms with Crippen LogP contribution in [-0.4, -0.2) is 19.6 Å². The van der Waals surface area contributed by atoms with E-state index in [4.69, 9.17) is 0 Å². The largest absolute Gasteiger partial charge is 0.277 e. The van der Waals surface area contributed by atoms with Crippen LogP contribution in [0.3, 0.4) is 0 Å². The predicted octanol–water partition coefficient (Wildman–Crippen LogP) is 1.13. The van der Waals surface area contributed by atoms with Gasteiger partial charge < -0.3 is 0 Å². The average molecular weight is 98.1 g/mol. The second kappa shape index (κ2) is 5.34. The smallest absolute Gasteiger partial charge is 0.109 e. The van der Waals surface area contributed by atoms with Crippen LogP contribution in [0.2, 0.25) is 0 Å². The van der Waals surface area contributed by atoms with Crippen LogP contribution < -0.4 is 0 Å². The predicted molar refractivity (Wildman–Crippen MR) is 33.2 cm³/mol. The van der Waals surface area contributed by atoms with Gasteiger partial charge in [-0.1, -0.05) is 6.92 Å². The van der Waals surface area contributed by atoms with Crippen molar-refractivity contribution in [2.45, 2.75) is 13.3 Å². The summed E-state index contributed by atoms with van der Waals surface area (Å²) in [5, 5.41) is 0. The fourth-order valence-electron chi connectivity index (χ4n) is 0.219. The minimum atomic E-state index is 0.978. The van der Waals surface area contributed by atoms with Crippen molar-refractivity contribution in [1.82, 2.24) is 0 Å². The number of nitrogens with zero attached hydrogens (tertiary/aromatic N) is 2. The summed E-state index contributed by atoms with van der Waals surface area (Å²) in [5.74, 6) is 0. The van der Waals surface area contributed by atoms with Crippen LogP contribution in [0.15, 0.2) is 9.98 Å². The summed E-state index contributed by atoms with van der Waals surface area (Å²) in [6, 6.07) is 0. The lowest BCUT2D eigenvalue weighted by atomic mass is 10.5. The highest BCUT2D eigenvalue weighted by Crippen LogP contribution is 1.64. The molecule has 0 aromatic rings. The van der Waals surface area contributed by atoms with Gasteiger partial charge in [0.1, 0.15) is 6.34 Å². The van der Waals surface area contributed by atoms with Gasteiger partial charge in [0, 0.05) is 13.3 Å². The number of hydrogen-bond acceptors (Lipinski definition) is 1. The highest BCUT2D eigenvalue weighted by Gasteiger charge is 1.58. The number of rotatable bonds is 2. The Morgan fingerprint density at radius 1 is 1.57 bits per heavy atom.